The van der Waals surface area contributed by atoms with Crippen LogP contribution in [0.1, 0.15) is 178 Å². The maximum atomic E-state index is 15.7. The molecule has 0 aliphatic carbocycles. The number of hydrogen-bond donors (Lipinski definition) is 8. The number of carboxylic acids is 1. The second kappa shape index (κ2) is 42.6. The number of nitrogens with one attached hydrogen (secondary N) is 6. The molecule has 0 saturated carbocycles. The Balaban J connectivity index is 1.84. The van der Waals surface area contributed by atoms with E-state index in [0.29, 0.717) is 68.1 Å². The number of likely N-dealkylation sites (N-methyl/N-ethyl adjacent to an activating group) is 7. The fourth-order valence-corrected chi connectivity index (χ4v) is 14.0. The van der Waals surface area contributed by atoms with E-state index in [4.69, 9.17) is 10.1 Å². The molecule has 2 fully saturated rings. The maximum Gasteiger partial charge on any atom is 0.303 e. The van der Waals surface area contributed by atoms with Gasteiger partial charge in [-0.3, -0.25) is 72.0 Å². The lowest BCUT2D eigenvalue weighted by Gasteiger charge is -2.41. The molecule has 110 heavy (non-hydrogen) atoms. The lowest BCUT2D eigenvalue weighted by Crippen LogP contribution is -2.63. The number of carbonyl (C=O) groups excluding carboxylic acids is 13. The minimum Gasteiger partial charge on any atom is -0.481 e. The Kier molecular flexibility index (Phi) is 36.2. The van der Waals surface area contributed by atoms with E-state index in [1.54, 1.807) is 64.6 Å². The van der Waals surface area contributed by atoms with Gasteiger partial charge in [-0.25, -0.2) is 4.98 Å². The zero-order valence-corrected chi connectivity index (χ0v) is 69.5. The van der Waals surface area contributed by atoms with E-state index >= 15 is 19.2 Å². The number of benzene rings is 1. The van der Waals surface area contributed by atoms with Crippen LogP contribution in [0.5, 0.6) is 0 Å². The van der Waals surface area contributed by atoms with Gasteiger partial charge in [0.15, 0.2) is 0 Å². The van der Waals surface area contributed by atoms with Crippen LogP contribution < -0.4 is 26.6 Å². The number of aliphatic hydroxyl groups is 1. The van der Waals surface area contributed by atoms with E-state index in [9.17, 15) is 53.1 Å². The highest BCUT2D eigenvalue weighted by atomic mass is 16.4. The molecule has 8 N–H and O–H groups in total. The molecule has 0 spiro atoms. The van der Waals surface area contributed by atoms with E-state index in [-0.39, 0.29) is 86.9 Å². The molecular formula is C78H130N16O16. The largest absolute Gasteiger partial charge is 0.481 e. The molecule has 32 nitrogen and oxygen atoms in total. The minimum atomic E-state index is -1.80. The van der Waals surface area contributed by atoms with Crippen molar-refractivity contribution in [3.05, 3.63) is 29.6 Å². The lowest BCUT2D eigenvalue weighted by atomic mass is 9.91. The SMILES string of the molecule is CC[C@@H]1NC(=O)[C@H]([C@H](O)[C@H](C)Cc2nc3ccc(C(=O)NCCN4CCN(C(=O)CCC(=O)O)CC4)cc3[nH]2)N(C)C(=O)[C@H](C(C)C)N(C)C(=O)[C@H](CCC(C)C)N(C)C(=O)[C@H](CC(C)C)N(C)C(=O)[C@@H](C)NC(=O)[C@H](C)NC(=O)[C@H](CC(C)C)N(C)C(=O)[C@H](C(C)C)NC(=O)[C@H](CC(C)C)N(C)C(=O)CN(C)C1=O. The normalized spacial score (nSPS) is 24.4. The number of carbonyl (C=O) groups is 14. The van der Waals surface area contributed by atoms with Crippen molar-refractivity contribution in [2.75, 3.05) is 95.1 Å². The number of imidazole rings is 1. The van der Waals surface area contributed by atoms with Gasteiger partial charge >= 0.3 is 5.97 Å². The maximum absolute atomic E-state index is 15.7. The molecule has 0 bridgehead atoms. The number of hydrogen-bond acceptors (Lipinski definition) is 17. The van der Waals surface area contributed by atoms with Gasteiger partial charge in [0.25, 0.3) is 5.91 Å². The van der Waals surface area contributed by atoms with Gasteiger partial charge in [0.2, 0.25) is 70.9 Å². The first kappa shape index (κ1) is 93.6. The molecule has 1 aromatic heterocycles. The van der Waals surface area contributed by atoms with Crippen molar-refractivity contribution in [2.45, 2.75) is 235 Å². The van der Waals surface area contributed by atoms with Gasteiger partial charge in [-0.2, -0.15) is 0 Å². The summed E-state index contributed by atoms with van der Waals surface area (Å²) >= 11 is 0. The molecule has 32 heteroatoms. The average molecular weight is 1550 g/mol. The lowest BCUT2D eigenvalue weighted by molar-refractivity contribution is -0.157. The summed E-state index contributed by atoms with van der Waals surface area (Å²) in [5.74, 6) is -11.9. The highest BCUT2D eigenvalue weighted by Gasteiger charge is 2.46. The predicted molar refractivity (Wildman–Crippen MR) is 416 cm³/mol. The van der Waals surface area contributed by atoms with Gasteiger partial charge in [0.1, 0.15) is 66.2 Å². The number of aliphatic hydroxyl groups excluding tert-OH is 1. The van der Waals surface area contributed by atoms with E-state index in [1.165, 1.54) is 87.7 Å². The van der Waals surface area contributed by atoms with Gasteiger partial charge in [-0.05, 0) is 112 Å². The van der Waals surface area contributed by atoms with E-state index in [1.807, 2.05) is 55.4 Å². The molecular weight excluding hydrogens is 1420 g/mol. The first-order valence-corrected chi connectivity index (χ1v) is 39.0. The number of aliphatic carboxylic acids is 1. The van der Waals surface area contributed by atoms with E-state index in [2.05, 4.69) is 36.5 Å². The topological polar surface area (TPSA) is 397 Å². The second-order valence-electron chi connectivity index (χ2n) is 32.6. The van der Waals surface area contributed by atoms with Crippen molar-refractivity contribution < 1.29 is 77.3 Å². The van der Waals surface area contributed by atoms with Crippen LogP contribution in [0.25, 0.3) is 11.0 Å². The summed E-state index contributed by atoms with van der Waals surface area (Å²) in [6, 6.07) is -8.19. The number of carboxylic acid groups (broad SMARTS) is 1. The molecule has 2 saturated heterocycles. The summed E-state index contributed by atoms with van der Waals surface area (Å²) in [6.07, 6.45) is -1.24. The van der Waals surface area contributed by atoms with Crippen LogP contribution in [-0.4, -0.2) is 309 Å². The number of rotatable bonds is 23. The Labute approximate surface area is 650 Å². The minimum absolute atomic E-state index is 0.0199. The van der Waals surface area contributed by atoms with E-state index < -0.39 is 162 Å². The molecule has 4 rings (SSSR count). The predicted octanol–water partition coefficient (Wildman–Crippen LogP) is 2.55. The number of piperazine rings is 1. The van der Waals surface area contributed by atoms with Crippen molar-refractivity contribution in [2.24, 2.45) is 41.4 Å². The first-order valence-electron chi connectivity index (χ1n) is 39.0. The Bertz CT molecular complexity index is 3540. The van der Waals surface area contributed by atoms with Gasteiger partial charge in [-0.15, -0.1) is 0 Å². The van der Waals surface area contributed by atoms with Crippen LogP contribution in [-0.2, 0) is 68.7 Å². The molecule has 2 aromatic rings. The summed E-state index contributed by atoms with van der Waals surface area (Å²) in [5.41, 5.74) is 1.26. The smallest absolute Gasteiger partial charge is 0.303 e. The number of H-pyrrole nitrogens is 1. The number of aromatic nitrogens is 2. The monoisotopic (exact) mass is 1550 g/mol. The molecule has 0 radical (unpaired) electrons. The summed E-state index contributed by atoms with van der Waals surface area (Å²) in [7, 11) is 9.76. The van der Waals surface area contributed by atoms with E-state index in [0.717, 1.165) is 9.80 Å². The zero-order chi connectivity index (χ0) is 83.4. The quantitative estimate of drug-likeness (QED) is 0.0792. The Morgan fingerprint density at radius 3 is 1.63 bits per heavy atom. The first-order chi connectivity index (χ1) is 51.3. The summed E-state index contributed by atoms with van der Waals surface area (Å²) < 4.78 is 0. The zero-order valence-electron chi connectivity index (χ0n) is 69.5. The number of fused-ring (bicyclic) bond motifs is 1. The Morgan fingerprint density at radius 2 is 1.08 bits per heavy atom. The summed E-state index contributed by atoms with van der Waals surface area (Å²) in [6.45, 7) is 30.1. The number of nitrogens with zero attached hydrogens (tertiary/aromatic N) is 10. The van der Waals surface area contributed by atoms with Crippen LogP contribution in [0, 0.1) is 41.4 Å². The fraction of sp³-hybridized carbons (Fsp3) is 0.731. The number of amides is 13. The molecule has 12 atom stereocenters. The third-order valence-corrected chi connectivity index (χ3v) is 21.0. The highest BCUT2D eigenvalue weighted by molar-refractivity contribution is 6.00. The van der Waals surface area contributed by atoms with Gasteiger partial charge in [0.05, 0.1) is 30.1 Å². The molecule has 3 heterocycles. The molecule has 1 aromatic carbocycles. The number of aromatic amines is 1. The Hall–Kier alpha value is -8.81. The van der Waals surface area contributed by atoms with Crippen LogP contribution in [0.2, 0.25) is 0 Å². The van der Waals surface area contributed by atoms with Crippen molar-refractivity contribution in [3.8, 4) is 0 Å². The van der Waals surface area contributed by atoms with Crippen LogP contribution in [0.15, 0.2) is 18.2 Å². The van der Waals surface area contributed by atoms with Crippen LogP contribution >= 0.6 is 0 Å². The molecule has 2 aliphatic rings. The Morgan fingerprint density at radius 1 is 0.555 bits per heavy atom. The van der Waals surface area contributed by atoms with Crippen molar-refractivity contribution >= 4 is 93.8 Å². The summed E-state index contributed by atoms with van der Waals surface area (Å²) in [5, 5.41) is 35.7. The van der Waals surface area contributed by atoms with Crippen LogP contribution in [0.3, 0.4) is 0 Å². The highest BCUT2D eigenvalue weighted by Crippen LogP contribution is 2.27. The fourth-order valence-electron chi connectivity index (χ4n) is 14.0. The third kappa shape index (κ3) is 25.9. The molecule has 2 aliphatic heterocycles. The van der Waals surface area contributed by atoms with Crippen LogP contribution in [0.4, 0.5) is 0 Å². The third-order valence-electron chi connectivity index (χ3n) is 21.0. The average Bonchev–Trinajstić information content (AvgIpc) is 1.17. The van der Waals surface area contributed by atoms with Crippen molar-refractivity contribution in [1.29, 1.82) is 0 Å². The van der Waals surface area contributed by atoms with Crippen molar-refractivity contribution in [1.82, 2.24) is 80.7 Å². The van der Waals surface area contributed by atoms with Gasteiger partial charge in [-0.1, -0.05) is 96.9 Å². The standard InChI is InChI=1S/C78H130N16O16/c1-24-53-74(106)86(17)42-62(96)87(18)57(37-44(4)5)71(103)85-64(47(10)11)77(109)89(20)58(38-45(6)7)70(102)80-50(15)68(100)81-51(16)73(105)90(21)59(39-46(8)9)76(108)88(19)56(28-25-43(2)3)75(107)91(22)65(48(12)13)78(110)92(23)66(72(104)84-53)67(99)49(14)40-60-82-54-27-26-52(41-55(54)83-60)69(101)79-31-32-93-33-35-94(36-34-93)61(95)29-30-63(97)98/h26-27,41,43-51,53,56-59,64-67,99H,24-25,28-40,42H2,1-23H3,(H,79,101)(H,80,102)(H,81,100)(H,82,83)(H,84,104)(H,85,103)(H,97,98)/t49-,50+,51-,53+,56+,57+,58+,59+,64+,65+,66+,67-/m1/s1. The second-order valence-corrected chi connectivity index (χ2v) is 32.6. The molecule has 13 amide bonds. The molecule has 618 valence electrons. The van der Waals surface area contributed by atoms with Gasteiger partial charge in [0, 0.05) is 107 Å². The van der Waals surface area contributed by atoms with Gasteiger partial charge < -0.3 is 81.0 Å². The summed E-state index contributed by atoms with van der Waals surface area (Å²) in [4.78, 5) is 221. The van der Waals surface area contributed by atoms with Crippen molar-refractivity contribution in [3.63, 3.8) is 0 Å². The molecule has 0 unspecified atom stereocenters.